The number of aliphatic hydroxyl groups is 1. The van der Waals surface area contributed by atoms with Gasteiger partial charge in [0.25, 0.3) is 0 Å². The van der Waals surface area contributed by atoms with Crippen molar-refractivity contribution in [1.82, 2.24) is 4.98 Å². The number of pyridine rings is 1. The second kappa shape index (κ2) is 7.42. The maximum atomic E-state index is 9.17. The highest BCUT2D eigenvalue weighted by molar-refractivity contribution is 5.46. The monoisotopic (exact) mass is 306 g/mol. The lowest BCUT2D eigenvalue weighted by molar-refractivity contribution is 0.282. The summed E-state index contributed by atoms with van der Waals surface area (Å²) in [5.41, 5.74) is 2.97. The van der Waals surface area contributed by atoms with Gasteiger partial charge in [-0.15, -0.1) is 0 Å². The molecule has 4 heteroatoms. The highest BCUT2D eigenvalue weighted by Crippen LogP contribution is 2.21. The Labute approximate surface area is 135 Å². The Bertz CT molecular complexity index is 760. The smallest absolute Gasteiger partial charge is 0.219 e. The number of hydrogen-bond donors (Lipinski definition) is 2. The molecule has 0 saturated carbocycles. The number of anilines is 1. The molecule has 0 unspecified atom stereocenters. The highest BCUT2D eigenvalue weighted by Gasteiger charge is 2.01. The van der Waals surface area contributed by atoms with Crippen LogP contribution in [0.2, 0.25) is 0 Å². The standard InChI is InChI=1S/C19H18N2O2/c22-14-16-6-3-7-17(11-16)21-13-15-5-4-8-18(12-15)23-19-9-1-2-10-20-19/h1-12,21-22H,13-14H2. The molecule has 0 radical (unpaired) electrons. The van der Waals surface area contributed by atoms with Crippen LogP contribution >= 0.6 is 0 Å². The summed E-state index contributed by atoms with van der Waals surface area (Å²) in [7, 11) is 0. The molecule has 0 spiro atoms. The van der Waals surface area contributed by atoms with E-state index in [0.717, 1.165) is 22.6 Å². The van der Waals surface area contributed by atoms with Crippen molar-refractivity contribution in [3.63, 3.8) is 0 Å². The van der Waals surface area contributed by atoms with E-state index in [1.54, 1.807) is 6.20 Å². The van der Waals surface area contributed by atoms with Gasteiger partial charge in [0, 0.05) is 24.5 Å². The summed E-state index contributed by atoms with van der Waals surface area (Å²) in [6, 6.07) is 21.2. The molecule has 0 fully saturated rings. The Morgan fingerprint density at radius 3 is 2.61 bits per heavy atom. The van der Waals surface area contributed by atoms with Crippen molar-refractivity contribution in [2.75, 3.05) is 5.32 Å². The van der Waals surface area contributed by atoms with E-state index in [4.69, 9.17) is 4.74 Å². The summed E-state index contributed by atoms with van der Waals surface area (Å²) in [4.78, 5) is 4.15. The second-order valence-electron chi connectivity index (χ2n) is 5.13. The molecular weight excluding hydrogens is 288 g/mol. The van der Waals surface area contributed by atoms with E-state index in [-0.39, 0.29) is 6.61 Å². The molecule has 116 valence electrons. The zero-order chi connectivity index (χ0) is 15.9. The number of ether oxygens (including phenoxy) is 1. The molecule has 0 aliphatic carbocycles. The van der Waals surface area contributed by atoms with Crippen LogP contribution in [0.5, 0.6) is 11.6 Å². The molecule has 1 heterocycles. The van der Waals surface area contributed by atoms with Gasteiger partial charge in [-0.05, 0) is 41.5 Å². The molecule has 0 aliphatic rings. The molecule has 0 amide bonds. The third kappa shape index (κ3) is 4.31. The van der Waals surface area contributed by atoms with Crippen LogP contribution in [0.15, 0.2) is 72.9 Å². The van der Waals surface area contributed by atoms with Gasteiger partial charge in [-0.3, -0.25) is 0 Å². The molecule has 1 aromatic heterocycles. The number of hydrogen-bond acceptors (Lipinski definition) is 4. The fourth-order valence-corrected chi connectivity index (χ4v) is 2.23. The van der Waals surface area contributed by atoms with E-state index in [1.807, 2.05) is 66.7 Å². The minimum Gasteiger partial charge on any atom is -0.439 e. The van der Waals surface area contributed by atoms with E-state index in [2.05, 4.69) is 10.3 Å². The first-order valence-corrected chi connectivity index (χ1v) is 7.45. The van der Waals surface area contributed by atoms with E-state index in [1.165, 1.54) is 0 Å². The van der Waals surface area contributed by atoms with Crippen molar-refractivity contribution >= 4 is 5.69 Å². The second-order valence-corrected chi connectivity index (χ2v) is 5.13. The molecular formula is C19H18N2O2. The molecule has 3 aromatic rings. The van der Waals surface area contributed by atoms with E-state index < -0.39 is 0 Å². The van der Waals surface area contributed by atoms with Crippen LogP contribution in [0.1, 0.15) is 11.1 Å². The van der Waals surface area contributed by atoms with Crippen molar-refractivity contribution in [1.29, 1.82) is 0 Å². The normalized spacial score (nSPS) is 10.3. The van der Waals surface area contributed by atoms with Crippen molar-refractivity contribution in [3.8, 4) is 11.6 Å². The third-order valence-corrected chi connectivity index (χ3v) is 3.36. The Morgan fingerprint density at radius 2 is 1.78 bits per heavy atom. The van der Waals surface area contributed by atoms with Crippen LogP contribution in [0.25, 0.3) is 0 Å². The summed E-state index contributed by atoms with van der Waals surface area (Å²) in [5, 5.41) is 12.5. The first-order valence-electron chi connectivity index (χ1n) is 7.45. The lowest BCUT2D eigenvalue weighted by atomic mass is 10.2. The van der Waals surface area contributed by atoms with Crippen LogP contribution in [0.4, 0.5) is 5.69 Å². The number of aliphatic hydroxyl groups excluding tert-OH is 1. The fraction of sp³-hybridized carbons (Fsp3) is 0.105. The van der Waals surface area contributed by atoms with Crippen molar-refractivity contribution < 1.29 is 9.84 Å². The maximum Gasteiger partial charge on any atom is 0.219 e. The minimum atomic E-state index is 0.0446. The van der Waals surface area contributed by atoms with Crippen LogP contribution in [-0.4, -0.2) is 10.1 Å². The van der Waals surface area contributed by atoms with Gasteiger partial charge in [-0.25, -0.2) is 4.98 Å². The van der Waals surface area contributed by atoms with Crippen LogP contribution in [-0.2, 0) is 13.2 Å². The zero-order valence-corrected chi connectivity index (χ0v) is 12.6. The topological polar surface area (TPSA) is 54.4 Å². The first kappa shape index (κ1) is 15.1. The zero-order valence-electron chi connectivity index (χ0n) is 12.6. The van der Waals surface area contributed by atoms with Gasteiger partial charge in [-0.1, -0.05) is 30.3 Å². The summed E-state index contributed by atoms with van der Waals surface area (Å²) >= 11 is 0. The van der Waals surface area contributed by atoms with Crippen LogP contribution in [0, 0.1) is 0 Å². The molecule has 0 atom stereocenters. The largest absolute Gasteiger partial charge is 0.439 e. The Morgan fingerprint density at radius 1 is 0.913 bits per heavy atom. The first-order chi connectivity index (χ1) is 11.3. The molecule has 23 heavy (non-hydrogen) atoms. The average molecular weight is 306 g/mol. The summed E-state index contributed by atoms with van der Waals surface area (Å²) in [6.07, 6.45) is 1.70. The van der Waals surface area contributed by atoms with E-state index in [0.29, 0.717) is 12.4 Å². The van der Waals surface area contributed by atoms with Gasteiger partial charge in [0.1, 0.15) is 5.75 Å². The molecule has 2 aromatic carbocycles. The Balaban J connectivity index is 1.65. The molecule has 4 nitrogen and oxygen atoms in total. The summed E-state index contributed by atoms with van der Waals surface area (Å²) < 4.78 is 5.74. The van der Waals surface area contributed by atoms with Crippen LogP contribution in [0.3, 0.4) is 0 Å². The molecule has 3 rings (SSSR count). The van der Waals surface area contributed by atoms with Crippen molar-refractivity contribution in [2.24, 2.45) is 0 Å². The number of rotatable bonds is 6. The quantitative estimate of drug-likeness (QED) is 0.723. The Hall–Kier alpha value is -2.85. The molecule has 0 bridgehead atoms. The molecule has 2 N–H and O–H groups in total. The lowest BCUT2D eigenvalue weighted by Crippen LogP contribution is -2.00. The summed E-state index contributed by atoms with van der Waals surface area (Å²) in [5.74, 6) is 1.33. The summed E-state index contributed by atoms with van der Waals surface area (Å²) in [6.45, 7) is 0.719. The van der Waals surface area contributed by atoms with Gasteiger partial charge in [0.15, 0.2) is 0 Å². The average Bonchev–Trinajstić information content (AvgIpc) is 2.61. The van der Waals surface area contributed by atoms with Gasteiger partial charge in [0.2, 0.25) is 5.88 Å². The number of nitrogens with one attached hydrogen (secondary N) is 1. The fourth-order valence-electron chi connectivity index (χ4n) is 2.23. The SMILES string of the molecule is OCc1cccc(NCc2cccc(Oc3ccccn3)c2)c1. The van der Waals surface area contributed by atoms with Gasteiger partial charge in [0.05, 0.1) is 6.61 Å². The van der Waals surface area contributed by atoms with E-state index >= 15 is 0 Å². The Kier molecular flexibility index (Phi) is 4.86. The number of benzene rings is 2. The number of aromatic nitrogens is 1. The van der Waals surface area contributed by atoms with Crippen LogP contribution < -0.4 is 10.1 Å². The van der Waals surface area contributed by atoms with Crippen molar-refractivity contribution in [3.05, 3.63) is 84.1 Å². The predicted molar refractivity (Wildman–Crippen MR) is 90.4 cm³/mol. The van der Waals surface area contributed by atoms with Gasteiger partial charge >= 0.3 is 0 Å². The van der Waals surface area contributed by atoms with Crippen molar-refractivity contribution in [2.45, 2.75) is 13.2 Å². The highest BCUT2D eigenvalue weighted by atomic mass is 16.5. The maximum absolute atomic E-state index is 9.17. The minimum absolute atomic E-state index is 0.0446. The molecule has 0 aliphatic heterocycles. The predicted octanol–water partition coefficient (Wildman–Crippen LogP) is 3.98. The van der Waals surface area contributed by atoms with Gasteiger partial charge < -0.3 is 15.2 Å². The van der Waals surface area contributed by atoms with Gasteiger partial charge in [-0.2, -0.15) is 0 Å². The molecule has 0 saturated heterocycles. The third-order valence-electron chi connectivity index (χ3n) is 3.36. The number of nitrogens with zero attached hydrogens (tertiary/aromatic N) is 1. The lowest BCUT2D eigenvalue weighted by Gasteiger charge is -2.09. The van der Waals surface area contributed by atoms with E-state index in [9.17, 15) is 5.11 Å².